The van der Waals surface area contributed by atoms with E-state index in [2.05, 4.69) is 15.9 Å². The lowest BCUT2D eigenvalue weighted by Crippen LogP contribution is -2.46. The molecule has 1 aromatic heterocycles. The van der Waals surface area contributed by atoms with Gasteiger partial charge in [0.2, 0.25) is 0 Å². The maximum Gasteiger partial charge on any atom is 0.410 e. The molecule has 4 nitrogen and oxygen atoms in total. The number of carbonyl (C=O) groups is 1. The Bertz CT molecular complexity index is 481. The maximum absolute atomic E-state index is 12.0. The second-order valence-corrected chi connectivity index (χ2v) is 7.81. The van der Waals surface area contributed by atoms with Crippen molar-refractivity contribution < 1.29 is 14.3 Å². The average Bonchev–Trinajstić information content (AvgIpc) is 2.67. The Labute approximate surface area is 125 Å². The van der Waals surface area contributed by atoms with Crippen molar-refractivity contribution in [1.82, 2.24) is 4.90 Å². The third-order valence-electron chi connectivity index (χ3n) is 2.90. The topological polar surface area (TPSA) is 38.8 Å². The number of carbonyl (C=O) groups excluding carboxylic acids is 1. The van der Waals surface area contributed by atoms with Crippen LogP contribution >= 0.6 is 27.3 Å². The van der Waals surface area contributed by atoms with Gasteiger partial charge in [-0.1, -0.05) is 0 Å². The predicted molar refractivity (Wildman–Crippen MR) is 79.0 cm³/mol. The molecule has 0 N–H and O–H groups in total. The molecular formula is C13H18BrNO3S. The van der Waals surface area contributed by atoms with E-state index in [0.717, 1.165) is 21.5 Å². The highest BCUT2D eigenvalue weighted by molar-refractivity contribution is 9.11. The van der Waals surface area contributed by atoms with Crippen LogP contribution < -0.4 is 4.74 Å². The number of thiophene rings is 1. The van der Waals surface area contributed by atoms with Crippen LogP contribution in [0.25, 0.3) is 0 Å². The number of halogens is 1. The molecule has 1 aliphatic rings. The quantitative estimate of drug-likeness (QED) is 0.777. The lowest BCUT2D eigenvalue weighted by atomic mass is 10.1. The van der Waals surface area contributed by atoms with E-state index < -0.39 is 5.60 Å². The zero-order valence-electron chi connectivity index (χ0n) is 11.5. The molecule has 6 heteroatoms. The van der Waals surface area contributed by atoms with E-state index in [1.165, 1.54) is 0 Å². The second-order valence-electron chi connectivity index (χ2n) is 5.61. The first-order valence-electron chi connectivity index (χ1n) is 6.12. The van der Waals surface area contributed by atoms with Crippen molar-refractivity contribution in [3.05, 3.63) is 14.7 Å². The monoisotopic (exact) mass is 347 g/mol. The van der Waals surface area contributed by atoms with Gasteiger partial charge in [0.05, 0.1) is 9.83 Å². The van der Waals surface area contributed by atoms with E-state index in [1.807, 2.05) is 26.2 Å². The maximum atomic E-state index is 12.0. The third-order valence-corrected chi connectivity index (χ3v) is 4.73. The lowest BCUT2D eigenvalue weighted by molar-refractivity contribution is 0.0159. The molecule has 0 saturated heterocycles. The Morgan fingerprint density at radius 2 is 2.26 bits per heavy atom. The number of hydrogen-bond acceptors (Lipinski definition) is 4. The molecule has 1 unspecified atom stereocenters. The van der Waals surface area contributed by atoms with Gasteiger partial charge in [-0.3, -0.25) is 0 Å². The first-order chi connectivity index (χ1) is 8.78. The minimum atomic E-state index is -0.477. The molecule has 0 saturated carbocycles. The summed E-state index contributed by atoms with van der Waals surface area (Å²) in [6.45, 7) is 6.10. The molecular weight excluding hydrogens is 330 g/mol. The summed E-state index contributed by atoms with van der Waals surface area (Å²) in [6.07, 6.45) is 0.478. The average molecular weight is 348 g/mol. The van der Waals surface area contributed by atoms with E-state index in [4.69, 9.17) is 9.47 Å². The minimum Gasteiger partial charge on any atom is -0.490 e. The highest BCUT2D eigenvalue weighted by atomic mass is 79.9. The third kappa shape index (κ3) is 3.42. The SMILES string of the molecule is CN(C(=O)OC(C)(C)C)C1COc2csc(Br)c2C1. The van der Waals surface area contributed by atoms with E-state index >= 15 is 0 Å². The molecule has 0 aliphatic carbocycles. The van der Waals surface area contributed by atoms with Crippen LogP contribution in [0.15, 0.2) is 9.17 Å². The standard InChI is InChI=1S/C13H18BrNO3S/c1-13(2,3)18-12(16)15(4)8-5-9-10(17-6-8)7-19-11(9)14/h7-8H,5-6H2,1-4H3. The normalized spacial score (nSPS) is 18.5. The van der Waals surface area contributed by atoms with E-state index in [9.17, 15) is 4.79 Å². The summed E-state index contributed by atoms with van der Waals surface area (Å²) in [5.74, 6) is 0.922. The molecule has 1 atom stereocenters. The molecule has 0 fully saturated rings. The molecule has 0 bridgehead atoms. The number of amides is 1. The van der Waals surface area contributed by atoms with E-state index in [0.29, 0.717) is 6.61 Å². The number of likely N-dealkylation sites (N-methyl/N-ethyl adjacent to an activating group) is 1. The first-order valence-corrected chi connectivity index (χ1v) is 7.79. The van der Waals surface area contributed by atoms with Crippen LogP contribution in [0.1, 0.15) is 26.3 Å². The van der Waals surface area contributed by atoms with Gasteiger partial charge < -0.3 is 14.4 Å². The highest BCUT2D eigenvalue weighted by Crippen LogP contribution is 2.37. The van der Waals surface area contributed by atoms with Gasteiger partial charge in [-0.25, -0.2) is 4.79 Å². The second kappa shape index (κ2) is 5.32. The summed E-state index contributed by atoms with van der Waals surface area (Å²) in [4.78, 5) is 13.7. The van der Waals surface area contributed by atoms with Crippen LogP contribution in [0.5, 0.6) is 5.75 Å². The Balaban J connectivity index is 2.04. The Morgan fingerprint density at radius 1 is 1.58 bits per heavy atom. The first kappa shape index (κ1) is 14.7. The smallest absolute Gasteiger partial charge is 0.410 e. The van der Waals surface area contributed by atoms with Crippen molar-refractivity contribution in [2.45, 2.75) is 38.8 Å². The fraction of sp³-hybridized carbons (Fsp3) is 0.615. The van der Waals surface area contributed by atoms with Crippen molar-refractivity contribution >= 4 is 33.4 Å². The number of nitrogens with zero attached hydrogens (tertiary/aromatic N) is 1. The van der Waals surface area contributed by atoms with Crippen molar-refractivity contribution in [2.24, 2.45) is 0 Å². The zero-order valence-corrected chi connectivity index (χ0v) is 13.9. The fourth-order valence-corrected chi connectivity index (χ4v) is 3.24. The van der Waals surface area contributed by atoms with E-state index in [-0.39, 0.29) is 12.1 Å². The fourth-order valence-electron chi connectivity index (χ4n) is 1.86. The van der Waals surface area contributed by atoms with Gasteiger partial charge in [0.15, 0.2) is 0 Å². The van der Waals surface area contributed by atoms with Gasteiger partial charge in [0, 0.05) is 24.4 Å². The molecule has 2 rings (SSSR count). The van der Waals surface area contributed by atoms with Crippen molar-refractivity contribution in [1.29, 1.82) is 0 Å². The molecule has 1 aliphatic heterocycles. The van der Waals surface area contributed by atoms with Crippen molar-refractivity contribution in [2.75, 3.05) is 13.7 Å². The van der Waals surface area contributed by atoms with Crippen LogP contribution in [-0.4, -0.2) is 36.3 Å². The van der Waals surface area contributed by atoms with Gasteiger partial charge in [0.1, 0.15) is 18.0 Å². The number of rotatable bonds is 1. The molecule has 0 spiro atoms. The van der Waals surface area contributed by atoms with Crippen LogP contribution in [0.2, 0.25) is 0 Å². The van der Waals surface area contributed by atoms with Gasteiger partial charge in [0.25, 0.3) is 0 Å². The summed E-state index contributed by atoms with van der Waals surface area (Å²) in [6, 6.07) is 0.00764. The number of ether oxygens (including phenoxy) is 2. The molecule has 0 radical (unpaired) electrons. The van der Waals surface area contributed by atoms with Crippen LogP contribution in [-0.2, 0) is 11.2 Å². The largest absolute Gasteiger partial charge is 0.490 e. The van der Waals surface area contributed by atoms with Crippen molar-refractivity contribution in [3.63, 3.8) is 0 Å². The summed E-state index contributed by atoms with van der Waals surface area (Å²) in [5.41, 5.74) is 0.659. The lowest BCUT2D eigenvalue weighted by Gasteiger charge is -2.33. The predicted octanol–water partition coefficient (Wildman–Crippen LogP) is 3.68. The van der Waals surface area contributed by atoms with Crippen molar-refractivity contribution in [3.8, 4) is 5.75 Å². The van der Waals surface area contributed by atoms with Crippen LogP contribution in [0.4, 0.5) is 4.79 Å². The Morgan fingerprint density at radius 3 is 2.89 bits per heavy atom. The van der Waals surface area contributed by atoms with Gasteiger partial charge >= 0.3 is 6.09 Å². The molecule has 2 heterocycles. The van der Waals surface area contributed by atoms with E-state index in [1.54, 1.807) is 23.3 Å². The molecule has 0 aromatic carbocycles. The van der Waals surface area contributed by atoms with Crippen LogP contribution in [0.3, 0.4) is 0 Å². The number of hydrogen-bond donors (Lipinski definition) is 0. The Kier molecular flexibility index (Phi) is 4.11. The molecule has 106 valence electrons. The van der Waals surface area contributed by atoms with Crippen LogP contribution in [0, 0.1) is 0 Å². The minimum absolute atomic E-state index is 0.00764. The molecule has 19 heavy (non-hydrogen) atoms. The zero-order chi connectivity index (χ0) is 14.2. The number of fused-ring (bicyclic) bond motifs is 1. The van der Waals surface area contributed by atoms with Gasteiger partial charge in [-0.2, -0.15) is 0 Å². The van der Waals surface area contributed by atoms with Gasteiger partial charge in [-0.15, -0.1) is 11.3 Å². The summed E-state index contributed by atoms with van der Waals surface area (Å²) < 4.78 is 12.1. The summed E-state index contributed by atoms with van der Waals surface area (Å²) >= 11 is 5.13. The Hall–Kier alpha value is -0.750. The summed E-state index contributed by atoms with van der Waals surface area (Å²) in [5, 5.41) is 1.99. The van der Waals surface area contributed by atoms with Gasteiger partial charge in [-0.05, 0) is 36.7 Å². The summed E-state index contributed by atoms with van der Waals surface area (Å²) in [7, 11) is 1.76. The molecule has 1 amide bonds. The highest BCUT2D eigenvalue weighted by Gasteiger charge is 2.30. The molecule has 1 aromatic rings.